The van der Waals surface area contributed by atoms with E-state index >= 15 is 0 Å². The fraction of sp³-hybridized carbons (Fsp3) is 0.450. The number of carbonyl (C=O) groups is 1. The van der Waals surface area contributed by atoms with Crippen molar-refractivity contribution in [1.29, 1.82) is 0 Å². The molecule has 3 atom stereocenters. The molecule has 28 heavy (non-hydrogen) atoms. The number of aryl methyl sites for hydroxylation is 1. The average Bonchev–Trinajstić information content (AvgIpc) is 3.08. The number of nitrogens with one attached hydrogen (secondary N) is 2. The Morgan fingerprint density at radius 3 is 2.82 bits per heavy atom. The van der Waals surface area contributed by atoms with Crippen LogP contribution >= 0.6 is 0 Å². The molecule has 0 aliphatic carbocycles. The van der Waals surface area contributed by atoms with Gasteiger partial charge in [0.15, 0.2) is 0 Å². The molecule has 2 fully saturated rings. The molecule has 3 heterocycles. The number of fused-ring (bicyclic) bond motifs is 1. The molecule has 2 aliphatic heterocycles. The van der Waals surface area contributed by atoms with E-state index in [1.54, 1.807) is 6.92 Å². The van der Waals surface area contributed by atoms with Gasteiger partial charge in [0.05, 0.1) is 12.7 Å². The van der Waals surface area contributed by atoms with Gasteiger partial charge in [-0.15, -0.1) is 0 Å². The summed E-state index contributed by atoms with van der Waals surface area (Å²) < 4.78 is 7.26. The number of aromatic amines is 1. The molecular weight excluding hydrogens is 360 g/mol. The number of nitrogens with zero attached hydrogens (tertiary/aromatic N) is 2. The second-order valence-corrected chi connectivity index (χ2v) is 7.54. The van der Waals surface area contributed by atoms with Gasteiger partial charge in [0, 0.05) is 36.9 Å². The Bertz CT molecular complexity index is 968. The van der Waals surface area contributed by atoms with E-state index in [-0.39, 0.29) is 24.6 Å². The molecule has 8 nitrogen and oxygen atoms in total. The molecule has 148 valence electrons. The number of rotatable bonds is 4. The van der Waals surface area contributed by atoms with E-state index in [2.05, 4.69) is 27.3 Å². The Hall–Kier alpha value is -2.71. The predicted molar refractivity (Wildman–Crippen MR) is 103 cm³/mol. The highest BCUT2D eigenvalue weighted by Gasteiger charge is 2.38. The maximum absolute atomic E-state index is 12.4. The summed E-state index contributed by atoms with van der Waals surface area (Å²) >= 11 is 0. The number of hydrogen-bond acceptors (Lipinski definition) is 5. The van der Waals surface area contributed by atoms with Crippen molar-refractivity contribution in [3.05, 3.63) is 68.5 Å². The van der Waals surface area contributed by atoms with Gasteiger partial charge in [0.2, 0.25) is 5.91 Å². The fourth-order valence-corrected chi connectivity index (χ4v) is 4.01. The smallest absolute Gasteiger partial charge is 0.328 e. The fourth-order valence-electron chi connectivity index (χ4n) is 4.01. The van der Waals surface area contributed by atoms with Crippen LogP contribution in [0.15, 0.2) is 46.1 Å². The van der Waals surface area contributed by atoms with Crippen molar-refractivity contribution in [2.24, 2.45) is 0 Å². The molecule has 0 saturated carbocycles. The lowest BCUT2D eigenvalue weighted by Gasteiger charge is -2.35. The van der Waals surface area contributed by atoms with E-state index in [4.69, 9.17) is 4.74 Å². The summed E-state index contributed by atoms with van der Waals surface area (Å²) in [5.74, 6) is -0.237. The predicted octanol–water partition coefficient (Wildman–Crippen LogP) is 0.176. The van der Waals surface area contributed by atoms with E-state index in [0.29, 0.717) is 18.2 Å². The van der Waals surface area contributed by atoms with E-state index in [1.165, 1.54) is 16.3 Å². The van der Waals surface area contributed by atoms with Crippen LogP contribution in [0.25, 0.3) is 0 Å². The van der Waals surface area contributed by atoms with Crippen molar-refractivity contribution >= 4 is 5.91 Å². The van der Waals surface area contributed by atoms with Gasteiger partial charge >= 0.3 is 5.69 Å². The van der Waals surface area contributed by atoms with Crippen LogP contribution in [0, 0.1) is 6.92 Å². The third-order valence-corrected chi connectivity index (χ3v) is 5.46. The molecule has 1 aromatic carbocycles. The number of aromatic nitrogens is 2. The highest BCUT2D eigenvalue weighted by Crippen LogP contribution is 2.30. The van der Waals surface area contributed by atoms with Gasteiger partial charge in [-0.2, -0.15) is 0 Å². The zero-order chi connectivity index (χ0) is 19.7. The lowest BCUT2D eigenvalue weighted by Crippen LogP contribution is -2.43. The van der Waals surface area contributed by atoms with Crippen LogP contribution in [-0.4, -0.2) is 52.1 Å². The van der Waals surface area contributed by atoms with Crippen LogP contribution < -0.4 is 16.6 Å². The summed E-state index contributed by atoms with van der Waals surface area (Å²) in [6.07, 6.45) is 2.29. The Morgan fingerprint density at radius 1 is 1.25 bits per heavy atom. The van der Waals surface area contributed by atoms with Crippen LogP contribution in [0.2, 0.25) is 0 Å². The second kappa shape index (κ2) is 7.73. The topological polar surface area (TPSA) is 96.4 Å². The van der Waals surface area contributed by atoms with Gasteiger partial charge in [-0.05, 0) is 18.9 Å². The summed E-state index contributed by atoms with van der Waals surface area (Å²) in [5.41, 5.74) is 0.562. The molecular formula is C20H24N4O4. The zero-order valence-corrected chi connectivity index (χ0v) is 15.8. The minimum absolute atomic E-state index is 0.0233. The number of hydrogen-bond donors (Lipinski definition) is 2. The van der Waals surface area contributed by atoms with E-state index in [9.17, 15) is 14.4 Å². The lowest BCUT2D eigenvalue weighted by atomic mass is 10.1. The van der Waals surface area contributed by atoms with Crippen LogP contribution in [0.3, 0.4) is 0 Å². The highest BCUT2D eigenvalue weighted by molar-refractivity contribution is 5.76. The molecule has 8 heteroatoms. The molecule has 0 spiro atoms. The van der Waals surface area contributed by atoms with Crippen molar-refractivity contribution in [1.82, 2.24) is 19.8 Å². The number of carbonyl (C=O) groups excluding carboxylic acids is 1. The summed E-state index contributed by atoms with van der Waals surface area (Å²) in [5, 5.41) is 3.01. The van der Waals surface area contributed by atoms with Crippen molar-refractivity contribution in [3.63, 3.8) is 0 Å². The van der Waals surface area contributed by atoms with Crippen LogP contribution in [0.5, 0.6) is 0 Å². The molecule has 0 unspecified atom stereocenters. The highest BCUT2D eigenvalue weighted by atomic mass is 16.5. The van der Waals surface area contributed by atoms with Gasteiger partial charge in [0.1, 0.15) is 6.54 Å². The Kier molecular flexibility index (Phi) is 5.15. The number of amides is 1. The average molecular weight is 384 g/mol. The maximum Gasteiger partial charge on any atom is 0.328 e. The van der Waals surface area contributed by atoms with E-state index < -0.39 is 11.2 Å². The largest absolute Gasteiger partial charge is 0.371 e. The first-order chi connectivity index (χ1) is 13.5. The number of ether oxygens (including phenoxy) is 1. The monoisotopic (exact) mass is 384 g/mol. The molecule has 4 rings (SSSR count). The van der Waals surface area contributed by atoms with Crippen LogP contribution in [0.4, 0.5) is 0 Å². The lowest BCUT2D eigenvalue weighted by molar-refractivity contribution is -0.122. The first kappa shape index (κ1) is 18.6. The SMILES string of the molecule is Cc1cn(CC(=O)N[C@@H]2C[C@H]3CO[C@@H](c4ccccc4)CN3C2)c(=O)[nH]c1=O. The van der Waals surface area contributed by atoms with Crippen molar-refractivity contribution in [2.75, 3.05) is 19.7 Å². The van der Waals surface area contributed by atoms with Gasteiger partial charge in [-0.25, -0.2) is 4.79 Å². The number of benzene rings is 1. The summed E-state index contributed by atoms with van der Waals surface area (Å²) in [6.45, 7) is 3.71. The van der Waals surface area contributed by atoms with Crippen LogP contribution in [-0.2, 0) is 16.1 Å². The maximum atomic E-state index is 12.4. The molecule has 2 saturated heterocycles. The standard InChI is InChI=1S/C20H24N4O4/c1-13-8-24(20(27)22-19(13)26)11-18(25)21-15-7-16-12-28-17(10-23(16)9-15)14-5-3-2-4-6-14/h2-6,8,15-17H,7,9-12H2,1H3,(H,21,25)(H,22,26,27)/t15-,16+,17-/m1/s1. The quantitative estimate of drug-likeness (QED) is 0.784. The summed E-state index contributed by atoms with van der Waals surface area (Å²) in [6, 6.07) is 10.5. The Morgan fingerprint density at radius 2 is 2.04 bits per heavy atom. The zero-order valence-electron chi connectivity index (χ0n) is 15.8. The minimum Gasteiger partial charge on any atom is -0.371 e. The molecule has 1 amide bonds. The molecule has 1 aromatic heterocycles. The molecule has 0 bridgehead atoms. The summed E-state index contributed by atoms with van der Waals surface area (Å²) in [7, 11) is 0. The first-order valence-electron chi connectivity index (χ1n) is 9.50. The molecule has 0 radical (unpaired) electrons. The second-order valence-electron chi connectivity index (χ2n) is 7.54. The van der Waals surface area contributed by atoms with Crippen molar-refractivity contribution in [2.45, 2.75) is 38.1 Å². The Labute approximate surface area is 162 Å². The van der Waals surface area contributed by atoms with Gasteiger partial charge in [0.25, 0.3) is 5.56 Å². The van der Waals surface area contributed by atoms with Crippen molar-refractivity contribution < 1.29 is 9.53 Å². The third kappa shape index (κ3) is 3.93. The summed E-state index contributed by atoms with van der Waals surface area (Å²) in [4.78, 5) is 40.3. The van der Waals surface area contributed by atoms with Gasteiger partial charge < -0.3 is 10.1 Å². The first-order valence-corrected chi connectivity index (χ1v) is 9.50. The van der Waals surface area contributed by atoms with E-state index in [0.717, 1.165) is 19.5 Å². The molecule has 2 N–H and O–H groups in total. The minimum atomic E-state index is -0.575. The normalized spacial score (nSPS) is 24.7. The van der Waals surface area contributed by atoms with E-state index in [1.807, 2.05) is 18.2 Å². The third-order valence-electron chi connectivity index (χ3n) is 5.46. The van der Waals surface area contributed by atoms with Crippen molar-refractivity contribution in [3.8, 4) is 0 Å². The Balaban J connectivity index is 1.35. The van der Waals surface area contributed by atoms with Gasteiger partial charge in [-0.1, -0.05) is 30.3 Å². The molecule has 2 aromatic rings. The number of H-pyrrole nitrogens is 1. The number of morpholine rings is 1. The van der Waals surface area contributed by atoms with Crippen LogP contribution in [0.1, 0.15) is 23.7 Å². The molecule has 2 aliphatic rings. The van der Waals surface area contributed by atoms with Gasteiger partial charge in [-0.3, -0.25) is 24.0 Å².